The molecule has 18 heavy (non-hydrogen) atoms. The number of hydrogen-bond donors (Lipinski definition) is 0. The van der Waals surface area contributed by atoms with Crippen LogP contribution >= 0.6 is 15.9 Å². The number of halogens is 2. The number of benzene rings is 1. The lowest BCUT2D eigenvalue weighted by Crippen LogP contribution is -1.93. The Morgan fingerprint density at radius 3 is 2.89 bits per heavy atom. The fourth-order valence-corrected chi connectivity index (χ4v) is 2.56. The lowest BCUT2D eigenvalue weighted by molar-refractivity contribution is 0.456. The topological polar surface area (TPSA) is 22.1 Å². The molecule has 1 heterocycles. The van der Waals surface area contributed by atoms with Crippen molar-refractivity contribution in [3.8, 4) is 11.6 Å². The number of ether oxygens (including phenoxy) is 1. The van der Waals surface area contributed by atoms with E-state index in [0.717, 1.165) is 25.0 Å². The van der Waals surface area contributed by atoms with Crippen molar-refractivity contribution in [2.75, 3.05) is 0 Å². The van der Waals surface area contributed by atoms with Crippen LogP contribution in [0, 0.1) is 5.82 Å². The minimum atomic E-state index is -0.295. The molecular weight excluding hydrogens is 297 g/mol. The van der Waals surface area contributed by atoms with Crippen LogP contribution in [0.4, 0.5) is 4.39 Å². The normalized spacial score (nSPS) is 13.4. The summed E-state index contributed by atoms with van der Waals surface area (Å²) in [5, 5.41) is 0. The van der Waals surface area contributed by atoms with Crippen LogP contribution in [-0.4, -0.2) is 4.98 Å². The Labute approximate surface area is 113 Å². The SMILES string of the molecule is Fc1ccc(Oc2ccc3c(n2)CCC3)c(Br)c1. The van der Waals surface area contributed by atoms with Gasteiger partial charge < -0.3 is 4.74 Å². The van der Waals surface area contributed by atoms with E-state index >= 15 is 0 Å². The highest BCUT2D eigenvalue weighted by atomic mass is 79.9. The lowest BCUT2D eigenvalue weighted by Gasteiger charge is -2.08. The van der Waals surface area contributed by atoms with Gasteiger partial charge in [0.1, 0.15) is 11.6 Å². The molecule has 0 saturated carbocycles. The first-order chi connectivity index (χ1) is 8.72. The van der Waals surface area contributed by atoms with Gasteiger partial charge in [-0.25, -0.2) is 9.37 Å². The summed E-state index contributed by atoms with van der Waals surface area (Å²) in [5.41, 5.74) is 2.42. The molecule has 1 aromatic heterocycles. The number of aromatic nitrogens is 1. The van der Waals surface area contributed by atoms with Crippen LogP contribution < -0.4 is 4.74 Å². The van der Waals surface area contributed by atoms with E-state index in [4.69, 9.17) is 4.74 Å². The molecule has 0 atom stereocenters. The third-order valence-electron chi connectivity index (χ3n) is 3.01. The predicted molar refractivity (Wildman–Crippen MR) is 70.4 cm³/mol. The lowest BCUT2D eigenvalue weighted by atomic mass is 10.2. The van der Waals surface area contributed by atoms with Gasteiger partial charge in [-0.05, 0) is 59.0 Å². The van der Waals surface area contributed by atoms with E-state index in [9.17, 15) is 4.39 Å². The van der Waals surface area contributed by atoms with Gasteiger partial charge in [0.05, 0.1) is 4.47 Å². The van der Waals surface area contributed by atoms with E-state index < -0.39 is 0 Å². The van der Waals surface area contributed by atoms with Gasteiger partial charge >= 0.3 is 0 Å². The number of rotatable bonds is 2. The monoisotopic (exact) mass is 307 g/mol. The number of pyridine rings is 1. The number of aryl methyl sites for hydroxylation is 2. The van der Waals surface area contributed by atoms with Gasteiger partial charge in [0.2, 0.25) is 5.88 Å². The highest BCUT2D eigenvalue weighted by molar-refractivity contribution is 9.10. The van der Waals surface area contributed by atoms with Crippen molar-refractivity contribution in [1.82, 2.24) is 4.98 Å². The van der Waals surface area contributed by atoms with Crippen LogP contribution in [0.3, 0.4) is 0 Å². The van der Waals surface area contributed by atoms with E-state index in [1.165, 1.54) is 17.7 Å². The van der Waals surface area contributed by atoms with Crippen LogP contribution in [0.15, 0.2) is 34.8 Å². The summed E-state index contributed by atoms with van der Waals surface area (Å²) in [6, 6.07) is 8.26. The second-order valence-electron chi connectivity index (χ2n) is 4.29. The van der Waals surface area contributed by atoms with Crippen molar-refractivity contribution >= 4 is 15.9 Å². The van der Waals surface area contributed by atoms with E-state index in [0.29, 0.717) is 16.1 Å². The molecule has 3 rings (SSSR count). The summed E-state index contributed by atoms with van der Waals surface area (Å²) in [6.07, 6.45) is 3.27. The molecule has 0 aliphatic heterocycles. The molecule has 1 aliphatic carbocycles. The van der Waals surface area contributed by atoms with Crippen LogP contribution in [0.5, 0.6) is 11.6 Å². The molecule has 0 fully saturated rings. The standard InChI is InChI=1S/C14H11BrFNO/c15-11-8-10(16)5-6-13(11)18-14-7-4-9-2-1-3-12(9)17-14/h4-8H,1-3H2. The largest absolute Gasteiger partial charge is 0.438 e. The maximum absolute atomic E-state index is 13.0. The Bertz CT molecular complexity index is 600. The third kappa shape index (κ3) is 2.25. The first-order valence-electron chi connectivity index (χ1n) is 5.84. The van der Waals surface area contributed by atoms with Gasteiger partial charge in [-0.2, -0.15) is 0 Å². The summed E-state index contributed by atoms with van der Waals surface area (Å²) in [4.78, 5) is 4.48. The fraction of sp³-hybridized carbons (Fsp3) is 0.214. The quantitative estimate of drug-likeness (QED) is 0.827. The van der Waals surface area contributed by atoms with Crippen molar-refractivity contribution in [3.63, 3.8) is 0 Å². The van der Waals surface area contributed by atoms with Crippen LogP contribution in [0.25, 0.3) is 0 Å². The first-order valence-corrected chi connectivity index (χ1v) is 6.63. The zero-order valence-electron chi connectivity index (χ0n) is 9.62. The Hall–Kier alpha value is -1.42. The van der Waals surface area contributed by atoms with Gasteiger partial charge in [-0.3, -0.25) is 0 Å². The van der Waals surface area contributed by atoms with E-state index in [-0.39, 0.29) is 5.82 Å². The fourth-order valence-electron chi connectivity index (χ4n) is 2.13. The molecule has 0 amide bonds. The van der Waals surface area contributed by atoms with Crippen molar-refractivity contribution in [2.24, 2.45) is 0 Å². The molecule has 0 radical (unpaired) electrons. The highest BCUT2D eigenvalue weighted by Gasteiger charge is 2.13. The van der Waals surface area contributed by atoms with Gasteiger partial charge in [0.25, 0.3) is 0 Å². The van der Waals surface area contributed by atoms with E-state index in [1.807, 2.05) is 6.07 Å². The average Bonchev–Trinajstić information content (AvgIpc) is 2.80. The molecule has 1 aliphatic rings. The minimum Gasteiger partial charge on any atom is -0.438 e. The van der Waals surface area contributed by atoms with Gasteiger partial charge in [-0.15, -0.1) is 0 Å². The molecule has 4 heteroatoms. The molecular formula is C14H11BrFNO. The second-order valence-corrected chi connectivity index (χ2v) is 5.14. The van der Waals surface area contributed by atoms with Gasteiger partial charge in [-0.1, -0.05) is 6.07 Å². The van der Waals surface area contributed by atoms with Crippen molar-refractivity contribution in [2.45, 2.75) is 19.3 Å². The zero-order chi connectivity index (χ0) is 12.5. The second kappa shape index (κ2) is 4.69. The summed E-state index contributed by atoms with van der Waals surface area (Å²) < 4.78 is 19.2. The summed E-state index contributed by atoms with van der Waals surface area (Å²) in [6.45, 7) is 0. The molecule has 0 bridgehead atoms. The van der Waals surface area contributed by atoms with Crippen LogP contribution in [-0.2, 0) is 12.8 Å². The Kier molecular flexibility index (Phi) is 3.04. The number of nitrogens with zero attached hydrogens (tertiary/aromatic N) is 1. The highest BCUT2D eigenvalue weighted by Crippen LogP contribution is 2.30. The molecule has 0 saturated heterocycles. The maximum atomic E-state index is 13.0. The molecule has 0 unspecified atom stereocenters. The molecule has 92 valence electrons. The molecule has 0 spiro atoms. The molecule has 0 N–H and O–H groups in total. The zero-order valence-corrected chi connectivity index (χ0v) is 11.2. The summed E-state index contributed by atoms with van der Waals surface area (Å²) in [7, 11) is 0. The number of fused-ring (bicyclic) bond motifs is 1. The van der Waals surface area contributed by atoms with Crippen LogP contribution in [0.1, 0.15) is 17.7 Å². The van der Waals surface area contributed by atoms with Gasteiger partial charge in [0.15, 0.2) is 0 Å². The Balaban J connectivity index is 1.88. The van der Waals surface area contributed by atoms with Gasteiger partial charge in [0, 0.05) is 11.8 Å². The maximum Gasteiger partial charge on any atom is 0.219 e. The minimum absolute atomic E-state index is 0.295. The molecule has 1 aromatic carbocycles. The first kappa shape index (κ1) is 11.7. The van der Waals surface area contributed by atoms with E-state index in [2.05, 4.69) is 27.0 Å². The summed E-state index contributed by atoms with van der Waals surface area (Å²) >= 11 is 3.27. The van der Waals surface area contributed by atoms with Crippen molar-refractivity contribution in [3.05, 3.63) is 51.9 Å². The smallest absolute Gasteiger partial charge is 0.219 e. The van der Waals surface area contributed by atoms with Crippen LogP contribution in [0.2, 0.25) is 0 Å². The van der Waals surface area contributed by atoms with E-state index in [1.54, 1.807) is 6.07 Å². The summed E-state index contributed by atoms with van der Waals surface area (Å²) in [5.74, 6) is 0.834. The van der Waals surface area contributed by atoms with Crippen molar-refractivity contribution < 1.29 is 9.13 Å². The molecule has 2 aromatic rings. The predicted octanol–water partition coefficient (Wildman–Crippen LogP) is 4.26. The van der Waals surface area contributed by atoms with Crippen molar-refractivity contribution in [1.29, 1.82) is 0 Å². The average molecular weight is 308 g/mol. The third-order valence-corrected chi connectivity index (χ3v) is 3.63. The Morgan fingerprint density at radius 1 is 1.17 bits per heavy atom. The molecule has 2 nitrogen and oxygen atoms in total. The number of hydrogen-bond acceptors (Lipinski definition) is 2. The Morgan fingerprint density at radius 2 is 2.06 bits per heavy atom.